The van der Waals surface area contributed by atoms with Gasteiger partial charge in [-0.2, -0.15) is 0 Å². The molecule has 0 fully saturated rings. The number of aliphatic hydroxyl groups excluding tert-OH is 1. The van der Waals surface area contributed by atoms with E-state index in [2.05, 4.69) is 4.98 Å². The Balaban J connectivity index is 2.57. The van der Waals surface area contributed by atoms with Gasteiger partial charge in [-0.3, -0.25) is 0 Å². The van der Waals surface area contributed by atoms with Gasteiger partial charge in [0.2, 0.25) is 0 Å². The minimum Gasteiger partial charge on any atom is -0.478 e. The summed E-state index contributed by atoms with van der Waals surface area (Å²) in [5.74, 6) is 0.105. The van der Waals surface area contributed by atoms with Gasteiger partial charge in [-0.15, -0.1) is 0 Å². The average molecular weight is 290 g/mol. The summed E-state index contributed by atoms with van der Waals surface area (Å²) in [5.41, 5.74) is 1.61. The molecule has 2 rings (SSSR count). The molecule has 2 N–H and O–H groups in total. The number of hydrogen-bond donors (Lipinski definition) is 2. The highest BCUT2D eigenvalue weighted by molar-refractivity contribution is 6.01. The Kier molecular flexibility index (Phi) is 4.63. The highest BCUT2D eigenvalue weighted by atomic mass is 16.4. The minimum absolute atomic E-state index is 0.192. The smallest absolute Gasteiger partial charge is 0.337 e. The Bertz CT molecular complexity index is 646. The van der Waals surface area contributed by atoms with Crippen LogP contribution in [0.1, 0.15) is 55.7 Å². The van der Waals surface area contributed by atoms with Gasteiger partial charge in [-0.1, -0.05) is 26.8 Å². The lowest BCUT2D eigenvalue weighted by Crippen LogP contribution is -2.13. The van der Waals surface area contributed by atoms with Crippen LogP contribution in [0, 0.1) is 0 Å². The number of carboxylic acid groups (broad SMARTS) is 1. The van der Waals surface area contributed by atoms with Crippen LogP contribution in [0.4, 0.5) is 0 Å². The number of imidazole rings is 1. The van der Waals surface area contributed by atoms with E-state index in [4.69, 9.17) is 0 Å². The third kappa shape index (κ3) is 3.08. The minimum atomic E-state index is -0.951. The fourth-order valence-electron chi connectivity index (χ4n) is 2.53. The van der Waals surface area contributed by atoms with Crippen molar-refractivity contribution in [2.75, 3.05) is 0 Å². The molecular formula is C16H22N2O3. The lowest BCUT2D eigenvalue weighted by molar-refractivity contribution is 0.0698. The van der Waals surface area contributed by atoms with Crippen molar-refractivity contribution in [2.45, 2.75) is 52.2 Å². The summed E-state index contributed by atoms with van der Waals surface area (Å²) in [6.07, 6.45) is 0.907. The predicted octanol–water partition coefficient (Wildman–Crippen LogP) is 3.02. The first-order valence-electron chi connectivity index (χ1n) is 7.36. The van der Waals surface area contributed by atoms with E-state index in [0.717, 1.165) is 5.82 Å². The van der Waals surface area contributed by atoms with Crippen LogP contribution in [0.15, 0.2) is 18.2 Å². The van der Waals surface area contributed by atoms with E-state index in [0.29, 0.717) is 30.4 Å². The lowest BCUT2D eigenvalue weighted by Gasteiger charge is -2.14. The molecule has 0 radical (unpaired) electrons. The van der Waals surface area contributed by atoms with E-state index < -0.39 is 5.97 Å². The number of fused-ring (bicyclic) bond motifs is 1. The predicted molar refractivity (Wildman–Crippen MR) is 81.7 cm³/mol. The van der Waals surface area contributed by atoms with Gasteiger partial charge >= 0.3 is 5.97 Å². The number of para-hydroxylation sites is 1. The number of rotatable bonds is 6. The van der Waals surface area contributed by atoms with Crippen molar-refractivity contribution in [3.8, 4) is 0 Å². The molecule has 0 aliphatic heterocycles. The molecule has 0 saturated heterocycles. The summed E-state index contributed by atoms with van der Waals surface area (Å²) in [7, 11) is 0. The Hall–Kier alpha value is -1.88. The van der Waals surface area contributed by atoms with Crippen molar-refractivity contribution >= 4 is 17.0 Å². The van der Waals surface area contributed by atoms with Gasteiger partial charge < -0.3 is 14.8 Å². The zero-order valence-corrected chi connectivity index (χ0v) is 12.7. The molecule has 0 aliphatic rings. The summed E-state index contributed by atoms with van der Waals surface area (Å²) in [5, 5.41) is 19.2. The van der Waals surface area contributed by atoms with Gasteiger partial charge in [0, 0.05) is 12.5 Å². The first-order valence-corrected chi connectivity index (χ1v) is 7.36. The van der Waals surface area contributed by atoms with Crippen molar-refractivity contribution in [1.29, 1.82) is 0 Å². The summed E-state index contributed by atoms with van der Waals surface area (Å²) in [6.45, 7) is 6.58. The fourth-order valence-corrected chi connectivity index (χ4v) is 2.53. The molecule has 0 bridgehead atoms. The van der Waals surface area contributed by atoms with Crippen LogP contribution in [0.25, 0.3) is 11.0 Å². The maximum atomic E-state index is 11.5. The molecule has 5 nitrogen and oxygen atoms in total. The number of benzene rings is 1. The number of carboxylic acids is 1. The summed E-state index contributed by atoms with van der Waals surface area (Å²) in [4.78, 5) is 16.0. The monoisotopic (exact) mass is 290 g/mol. The number of aryl methyl sites for hydroxylation is 1. The molecule has 21 heavy (non-hydrogen) atoms. The molecule has 114 valence electrons. The number of carbonyl (C=O) groups is 1. The number of aromatic carboxylic acids is 1. The van der Waals surface area contributed by atoms with Crippen molar-refractivity contribution < 1.29 is 15.0 Å². The van der Waals surface area contributed by atoms with Gasteiger partial charge in [0.05, 0.1) is 22.7 Å². The number of hydrogen-bond acceptors (Lipinski definition) is 3. The standard InChI is InChI=1S/C16H22N2O3/c1-4-11(19)8-9-18-14-12(16(20)21)6-5-7-13(14)17-15(18)10(2)3/h5-7,10-11,19H,4,8-9H2,1-3H3,(H,20,21). The van der Waals surface area contributed by atoms with Crippen molar-refractivity contribution in [2.24, 2.45) is 0 Å². The van der Waals surface area contributed by atoms with Crippen LogP contribution in [-0.4, -0.2) is 31.8 Å². The second-order valence-electron chi connectivity index (χ2n) is 5.61. The fraction of sp³-hybridized carbons (Fsp3) is 0.500. The number of aromatic nitrogens is 2. The molecule has 1 heterocycles. The Morgan fingerprint density at radius 2 is 2.10 bits per heavy atom. The lowest BCUT2D eigenvalue weighted by atomic mass is 10.1. The quantitative estimate of drug-likeness (QED) is 0.857. The highest BCUT2D eigenvalue weighted by Crippen LogP contribution is 2.25. The highest BCUT2D eigenvalue weighted by Gasteiger charge is 2.19. The Morgan fingerprint density at radius 1 is 1.38 bits per heavy atom. The van der Waals surface area contributed by atoms with Crippen molar-refractivity contribution in [1.82, 2.24) is 9.55 Å². The molecule has 2 aromatic rings. The molecule has 1 aromatic heterocycles. The SMILES string of the molecule is CCC(O)CCn1c(C(C)C)nc2cccc(C(=O)O)c21. The van der Waals surface area contributed by atoms with E-state index in [-0.39, 0.29) is 17.6 Å². The second-order valence-corrected chi connectivity index (χ2v) is 5.61. The topological polar surface area (TPSA) is 75.3 Å². The first kappa shape index (κ1) is 15.5. The zero-order chi connectivity index (χ0) is 15.6. The maximum Gasteiger partial charge on any atom is 0.337 e. The molecule has 0 amide bonds. The van der Waals surface area contributed by atoms with Crippen LogP contribution in [0.3, 0.4) is 0 Å². The van der Waals surface area contributed by atoms with Crippen LogP contribution >= 0.6 is 0 Å². The van der Waals surface area contributed by atoms with Gasteiger partial charge in [0.15, 0.2) is 0 Å². The molecule has 1 unspecified atom stereocenters. The van der Waals surface area contributed by atoms with Crippen molar-refractivity contribution in [3.63, 3.8) is 0 Å². The van der Waals surface area contributed by atoms with Crippen LogP contribution in [0.5, 0.6) is 0 Å². The molecule has 0 aliphatic carbocycles. The van der Waals surface area contributed by atoms with Gasteiger partial charge in [0.25, 0.3) is 0 Å². The first-order chi connectivity index (χ1) is 9.95. The Morgan fingerprint density at radius 3 is 2.67 bits per heavy atom. The maximum absolute atomic E-state index is 11.5. The van der Waals surface area contributed by atoms with Gasteiger partial charge in [0.1, 0.15) is 5.82 Å². The summed E-state index contributed by atoms with van der Waals surface area (Å²) in [6, 6.07) is 5.15. The number of nitrogens with zero attached hydrogens (tertiary/aromatic N) is 2. The Labute approximate surface area is 124 Å². The van der Waals surface area contributed by atoms with Crippen molar-refractivity contribution in [3.05, 3.63) is 29.6 Å². The van der Waals surface area contributed by atoms with Crippen LogP contribution in [-0.2, 0) is 6.54 Å². The summed E-state index contributed by atoms with van der Waals surface area (Å²) < 4.78 is 1.95. The molecular weight excluding hydrogens is 268 g/mol. The normalized spacial score (nSPS) is 13.0. The molecule has 1 atom stereocenters. The van der Waals surface area contributed by atoms with E-state index in [9.17, 15) is 15.0 Å². The third-order valence-corrected chi connectivity index (χ3v) is 3.70. The van der Waals surface area contributed by atoms with Gasteiger partial charge in [-0.25, -0.2) is 9.78 Å². The average Bonchev–Trinajstić information content (AvgIpc) is 2.83. The van der Waals surface area contributed by atoms with Gasteiger partial charge in [-0.05, 0) is 25.0 Å². The van der Waals surface area contributed by atoms with E-state index >= 15 is 0 Å². The molecule has 1 aromatic carbocycles. The zero-order valence-electron chi connectivity index (χ0n) is 12.7. The van der Waals surface area contributed by atoms with E-state index in [1.807, 2.05) is 31.4 Å². The largest absolute Gasteiger partial charge is 0.478 e. The third-order valence-electron chi connectivity index (χ3n) is 3.70. The molecule has 0 spiro atoms. The summed E-state index contributed by atoms with van der Waals surface area (Å²) >= 11 is 0. The van der Waals surface area contributed by atoms with E-state index in [1.54, 1.807) is 12.1 Å². The van der Waals surface area contributed by atoms with Crippen LogP contribution < -0.4 is 0 Å². The number of aliphatic hydroxyl groups is 1. The van der Waals surface area contributed by atoms with Crippen LogP contribution in [0.2, 0.25) is 0 Å². The van der Waals surface area contributed by atoms with E-state index in [1.165, 1.54) is 0 Å². The second kappa shape index (κ2) is 6.26. The molecule has 5 heteroatoms. The molecule has 0 saturated carbocycles.